The molecular formula is C20H21Cl2N3O5. The fourth-order valence-corrected chi connectivity index (χ4v) is 3.32. The maximum absolute atomic E-state index is 6.34. The molecule has 0 aliphatic heterocycles. The molecule has 1 N–H and O–H groups in total. The van der Waals surface area contributed by atoms with E-state index in [0.29, 0.717) is 58.6 Å². The van der Waals surface area contributed by atoms with E-state index in [0.717, 1.165) is 0 Å². The highest BCUT2D eigenvalue weighted by Crippen LogP contribution is 2.45. The molecule has 0 aliphatic carbocycles. The molecule has 1 heterocycles. The van der Waals surface area contributed by atoms with Crippen molar-refractivity contribution < 1.29 is 23.7 Å². The molecule has 0 amide bonds. The van der Waals surface area contributed by atoms with Gasteiger partial charge in [-0.3, -0.25) is 0 Å². The molecule has 3 rings (SSSR count). The van der Waals surface area contributed by atoms with Gasteiger partial charge in [-0.05, 0) is 6.07 Å². The molecule has 30 heavy (non-hydrogen) atoms. The fraction of sp³-hybridized carbons (Fsp3) is 0.300. The highest BCUT2D eigenvalue weighted by atomic mass is 35.5. The third kappa shape index (κ3) is 4.40. The van der Waals surface area contributed by atoms with E-state index < -0.39 is 0 Å². The highest BCUT2D eigenvalue weighted by Gasteiger charge is 2.19. The molecule has 0 saturated heterocycles. The Balaban J connectivity index is 2.06. The standard InChI is InChI=1S/C20H21Cl2N3O5/c1-26-5-6-30-15-8-12-11(7-14(15)27-2)20(24-10-23-12)25-13-9-16(28-3)17(21)18(22)19(13)29-4/h7-10H,5-6H2,1-4H3,(H,23,24,25). The predicted molar refractivity (Wildman–Crippen MR) is 116 cm³/mol. The molecule has 0 spiro atoms. The number of hydrogen-bond donors (Lipinski definition) is 1. The molecule has 0 atom stereocenters. The van der Waals surface area contributed by atoms with E-state index in [2.05, 4.69) is 15.3 Å². The van der Waals surface area contributed by atoms with Crippen molar-refractivity contribution in [1.82, 2.24) is 9.97 Å². The number of benzene rings is 2. The maximum atomic E-state index is 6.34. The van der Waals surface area contributed by atoms with Crippen LogP contribution in [0.5, 0.6) is 23.0 Å². The SMILES string of the molecule is COCCOc1cc2ncnc(Nc3cc(OC)c(Cl)c(Cl)c3OC)c2cc1OC. The summed E-state index contributed by atoms with van der Waals surface area (Å²) in [6.45, 7) is 0.839. The Hall–Kier alpha value is -2.68. The van der Waals surface area contributed by atoms with Gasteiger partial charge >= 0.3 is 0 Å². The van der Waals surface area contributed by atoms with Gasteiger partial charge in [-0.25, -0.2) is 9.97 Å². The van der Waals surface area contributed by atoms with Crippen molar-refractivity contribution in [3.63, 3.8) is 0 Å². The van der Waals surface area contributed by atoms with Crippen molar-refractivity contribution >= 4 is 45.6 Å². The molecule has 0 bridgehead atoms. The lowest BCUT2D eigenvalue weighted by Crippen LogP contribution is -2.06. The molecule has 0 aliphatic rings. The molecule has 2 aromatic carbocycles. The van der Waals surface area contributed by atoms with Gasteiger partial charge in [-0.2, -0.15) is 0 Å². The Morgan fingerprint density at radius 1 is 0.833 bits per heavy atom. The number of rotatable bonds is 9. The summed E-state index contributed by atoms with van der Waals surface area (Å²) in [5, 5.41) is 4.41. The van der Waals surface area contributed by atoms with E-state index in [1.807, 2.05) is 0 Å². The van der Waals surface area contributed by atoms with Crippen molar-refractivity contribution in [2.24, 2.45) is 0 Å². The molecule has 160 valence electrons. The molecule has 8 nitrogen and oxygen atoms in total. The van der Waals surface area contributed by atoms with Crippen LogP contribution < -0.4 is 24.3 Å². The largest absolute Gasteiger partial charge is 0.495 e. The summed E-state index contributed by atoms with van der Waals surface area (Å²) < 4.78 is 27.0. The normalized spacial score (nSPS) is 10.7. The third-order valence-electron chi connectivity index (χ3n) is 4.27. The van der Waals surface area contributed by atoms with E-state index in [9.17, 15) is 0 Å². The Labute approximate surface area is 184 Å². The number of nitrogens with one attached hydrogen (secondary N) is 1. The zero-order valence-corrected chi connectivity index (χ0v) is 18.4. The van der Waals surface area contributed by atoms with Gasteiger partial charge in [0.15, 0.2) is 17.2 Å². The van der Waals surface area contributed by atoms with E-state index in [4.69, 9.17) is 46.9 Å². The summed E-state index contributed by atoms with van der Waals surface area (Å²) in [6.07, 6.45) is 1.44. The van der Waals surface area contributed by atoms with Gasteiger partial charge in [-0.15, -0.1) is 0 Å². The molecule has 3 aromatic rings. The lowest BCUT2D eigenvalue weighted by molar-refractivity contribution is 0.144. The van der Waals surface area contributed by atoms with Gasteiger partial charge in [0.2, 0.25) is 0 Å². The maximum Gasteiger partial charge on any atom is 0.163 e. The van der Waals surface area contributed by atoms with E-state index in [1.54, 1.807) is 32.4 Å². The summed E-state index contributed by atoms with van der Waals surface area (Å²) in [5.74, 6) is 2.37. The number of aromatic nitrogens is 2. The first-order valence-electron chi connectivity index (χ1n) is 8.85. The summed E-state index contributed by atoms with van der Waals surface area (Å²) in [6, 6.07) is 5.25. The van der Waals surface area contributed by atoms with Crippen LogP contribution in [0, 0.1) is 0 Å². The molecule has 10 heteroatoms. The van der Waals surface area contributed by atoms with Crippen LogP contribution in [-0.2, 0) is 4.74 Å². The van der Waals surface area contributed by atoms with Gasteiger partial charge in [0.25, 0.3) is 0 Å². The molecule has 0 unspecified atom stereocenters. The number of nitrogens with zero attached hydrogens (tertiary/aromatic N) is 2. The van der Waals surface area contributed by atoms with Crippen molar-refractivity contribution in [2.75, 3.05) is 47.0 Å². The van der Waals surface area contributed by atoms with Crippen molar-refractivity contribution in [2.45, 2.75) is 0 Å². The highest BCUT2D eigenvalue weighted by molar-refractivity contribution is 6.44. The van der Waals surface area contributed by atoms with Crippen LogP contribution >= 0.6 is 23.2 Å². The first-order chi connectivity index (χ1) is 14.5. The van der Waals surface area contributed by atoms with Gasteiger partial charge < -0.3 is 29.0 Å². The van der Waals surface area contributed by atoms with Gasteiger partial charge in [0, 0.05) is 24.6 Å². The lowest BCUT2D eigenvalue weighted by Gasteiger charge is -2.17. The van der Waals surface area contributed by atoms with Crippen LogP contribution in [0.3, 0.4) is 0 Å². The predicted octanol–water partition coefficient (Wildman–Crippen LogP) is 4.73. The van der Waals surface area contributed by atoms with Crippen molar-refractivity contribution in [3.8, 4) is 23.0 Å². The molecule has 0 radical (unpaired) electrons. The van der Waals surface area contributed by atoms with E-state index in [-0.39, 0.29) is 10.0 Å². The van der Waals surface area contributed by atoms with E-state index >= 15 is 0 Å². The van der Waals surface area contributed by atoms with Gasteiger partial charge in [-0.1, -0.05) is 23.2 Å². The van der Waals surface area contributed by atoms with Crippen LogP contribution in [-0.4, -0.2) is 51.6 Å². The third-order valence-corrected chi connectivity index (χ3v) is 5.10. The van der Waals surface area contributed by atoms with Crippen LogP contribution in [0.15, 0.2) is 24.5 Å². The Bertz CT molecular complexity index is 1050. The topological polar surface area (TPSA) is 84.0 Å². The average Bonchev–Trinajstić information content (AvgIpc) is 2.76. The minimum Gasteiger partial charge on any atom is -0.495 e. The second-order valence-electron chi connectivity index (χ2n) is 6.00. The van der Waals surface area contributed by atoms with Crippen LogP contribution in [0.4, 0.5) is 11.5 Å². The molecule has 0 fully saturated rings. The second-order valence-corrected chi connectivity index (χ2v) is 6.75. The number of hydrogen-bond acceptors (Lipinski definition) is 8. The minimum absolute atomic E-state index is 0.228. The van der Waals surface area contributed by atoms with Gasteiger partial charge in [0.05, 0.1) is 39.1 Å². The first kappa shape index (κ1) is 22.0. The van der Waals surface area contributed by atoms with Crippen LogP contribution in [0.25, 0.3) is 10.9 Å². The number of ether oxygens (including phenoxy) is 5. The average molecular weight is 454 g/mol. The van der Waals surface area contributed by atoms with Gasteiger partial charge in [0.1, 0.15) is 34.5 Å². The smallest absolute Gasteiger partial charge is 0.163 e. The lowest BCUT2D eigenvalue weighted by atomic mass is 10.2. The Morgan fingerprint density at radius 3 is 2.27 bits per heavy atom. The van der Waals surface area contributed by atoms with E-state index in [1.165, 1.54) is 20.5 Å². The minimum atomic E-state index is 0.228. The second kappa shape index (κ2) is 9.88. The summed E-state index contributed by atoms with van der Waals surface area (Å²) in [5.41, 5.74) is 1.19. The Morgan fingerprint density at radius 2 is 1.60 bits per heavy atom. The number of anilines is 2. The molecule has 0 saturated carbocycles. The summed E-state index contributed by atoms with van der Waals surface area (Å²) >= 11 is 12.6. The Kier molecular flexibility index (Phi) is 7.25. The van der Waals surface area contributed by atoms with Crippen LogP contribution in [0.1, 0.15) is 0 Å². The van der Waals surface area contributed by atoms with Crippen LogP contribution in [0.2, 0.25) is 10.0 Å². The van der Waals surface area contributed by atoms with Crippen molar-refractivity contribution in [1.29, 1.82) is 0 Å². The monoisotopic (exact) mass is 453 g/mol. The fourth-order valence-electron chi connectivity index (χ4n) is 2.83. The zero-order chi connectivity index (χ0) is 21.7. The summed E-state index contributed by atoms with van der Waals surface area (Å²) in [7, 11) is 6.18. The quantitative estimate of drug-likeness (QED) is 0.465. The zero-order valence-electron chi connectivity index (χ0n) is 16.9. The number of halogens is 2. The summed E-state index contributed by atoms with van der Waals surface area (Å²) in [4.78, 5) is 8.69. The molecule has 1 aromatic heterocycles. The number of methoxy groups -OCH3 is 4. The molecular weight excluding hydrogens is 433 g/mol. The van der Waals surface area contributed by atoms with Crippen molar-refractivity contribution in [3.05, 3.63) is 34.6 Å². The number of fused-ring (bicyclic) bond motifs is 1. The first-order valence-corrected chi connectivity index (χ1v) is 9.61.